The number of carbonyl (C=O) groups is 2. The minimum absolute atomic E-state index is 0.302. The summed E-state index contributed by atoms with van der Waals surface area (Å²) in [6.45, 7) is 0. The van der Waals surface area contributed by atoms with E-state index in [0.717, 1.165) is 5.69 Å². The molecule has 0 aromatic heterocycles. The largest absolute Gasteiger partial charge is 0.386 e. The Hall–Kier alpha value is -4.25. The first kappa shape index (κ1) is 21.6. The fourth-order valence-corrected chi connectivity index (χ4v) is 4.52. The minimum atomic E-state index is -1.00. The quantitative estimate of drug-likeness (QED) is 0.457. The van der Waals surface area contributed by atoms with Gasteiger partial charge in [0.2, 0.25) is 5.91 Å². The van der Waals surface area contributed by atoms with E-state index in [1.165, 1.54) is 4.90 Å². The summed E-state index contributed by atoms with van der Waals surface area (Å²) in [7, 11) is 0. The second-order valence-electron chi connectivity index (χ2n) is 8.26. The molecule has 4 unspecified atom stereocenters. The lowest BCUT2D eigenvalue weighted by molar-refractivity contribution is -0.123. The number of rotatable bonds is 5. The molecule has 4 atom stereocenters. The zero-order chi connectivity index (χ0) is 23.7. The van der Waals surface area contributed by atoms with Crippen molar-refractivity contribution in [2.45, 2.75) is 18.2 Å². The van der Waals surface area contributed by atoms with Gasteiger partial charge in [-0.25, -0.2) is 9.91 Å². The van der Waals surface area contributed by atoms with E-state index in [9.17, 15) is 14.7 Å². The predicted molar refractivity (Wildman–Crippen MR) is 127 cm³/mol. The van der Waals surface area contributed by atoms with Crippen LogP contribution in [0.25, 0.3) is 0 Å². The molecule has 0 radical (unpaired) electrons. The molecular formula is C27H22N4O3. The fourth-order valence-electron chi connectivity index (χ4n) is 4.52. The Morgan fingerprint density at radius 2 is 1.50 bits per heavy atom. The molecule has 1 fully saturated rings. The van der Waals surface area contributed by atoms with Crippen molar-refractivity contribution in [2.24, 2.45) is 5.92 Å². The van der Waals surface area contributed by atoms with Crippen molar-refractivity contribution in [1.82, 2.24) is 5.01 Å². The zero-order valence-electron chi connectivity index (χ0n) is 18.2. The van der Waals surface area contributed by atoms with Crippen LogP contribution in [0, 0.1) is 17.2 Å². The van der Waals surface area contributed by atoms with Gasteiger partial charge in [-0.3, -0.25) is 9.59 Å². The predicted octanol–water partition coefficient (Wildman–Crippen LogP) is 3.42. The molecule has 7 heteroatoms. The van der Waals surface area contributed by atoms with Crippen LogP contribution in [0.15, 0.2) is 97.1 Å². The van der Waals surface area contributed by atoms with E-state index in [4.69, 9.17) is 5.26 Å². The van der Waals surface area contributed by atoms with Gasteiger partial charge in [-0.05, 0) is 42.0 Å². The highest BCUT2D eigenvalue weighted by atomic mass is 16.3. The van der Waals surface area contributed by atoms with E-state index in [1.54, 1.807) is 65.7 Å². The minimum Gasteiger partial charge on any atom is -0.386 e. The van der Waals surface area contributed by atoms with Crippen LogP contribution in [0.3, 0.4) is 0 Å². The Labute approximate surface area is 197 Å². The number of nitrogens with one attached hydrogen (secondary N) is 1. The number of amides is 2. The summed E-state index contributed by atoms with van der Waals surface area (Å²) in [5, 5.41) is 22.0. The van der Waals surface area contributed by atoms with Crippen molar-refractivity contribution in [3.8, 4) is 6.07 Å². The van der Waals surface area contributed by atoms with Gasteiger partial charge >= 0.3 is 0 Å². The van der Waals surface area contributed by atoms with E-state index >= 15 is 0 Å². The van der Waals surface area contributed by atoms with Crippen molar-refractivity contribution in [2.75, 3.05) is 10.3 Å². The number of hydrazine groups is 1. The van der Waals surface area contributed by atoms with Gasteiger partial charge in [0.15, 0.2) is 0 Å². The first-order valence-corrected chi connectivity index (χ1v) is 11.0. The third-order valence-electron chi connectivity index (χ3n) is 6.21. The molecule has 1 saturated heterocycles. The van der Waals surface area contributed by atoms with Crippen LogP contribution >= 0.6 is 0 Å². The number of para-hydroxylation sites is 2. The monoisotopic (exact) mass is 450 g/mol. The third-order valence-corrected chi connectivity index (χ3v) is 6.21. The molecule has 5 rings (SSSR count). The summed E-state index contributed by atoms with van der Waals surface area (Å²) in [6.07, 6.45) is 2.48. The number of fused-ring (bicyclic) bond motifs is 1. The Morgan fingerprint density at radius 3 is 2.15 bits per heavy atom. The number of aliphatic hydroxyl groups excluding tert-OH is 1. The molecule has 0 saturated carbocycles. The average molecular weight is 450 g/mol. The van der Waals surface area contributed by atoms with E-state index in [-0.39, 0.29) is 11.8 Å². The molecule has 2 amide bonds. The SMILES string of the molecule is N#Cc1ccc(C(O)C2C=CC3C(=O)N(c4ccccc4)C(=O)C3N2Nc2ccccc2)cc1. The van der Waals surface area contributed by atoms with Crippen molar-refractivity contribution < 1.29 is 14.7 Å². The number of nitrogens with zero attached hydrogens (tertiary/aromatic N) is 3. The molecule has 2 N–H and O–H groups in total. The van der Waals surface area contributed by atoms with Crippen LogP contribution in [0.1, 0.15) is 17.2 Å². The van der Waals surface area contributed by atoms with Crippen molar-refractivity contribution in [3.05, 3.63) is 108 Å². The smallest absolute Gasteiger partial charge is 0.254 e. The number of hydrogen-bond donors (Lipinski definition) is 2. The van der Waals surface area contributed by atoms with E-state index in [2.05, 4.69) is 11.5 Å². The number of anilines is 2. The van der Waals surface area contributed by atoms with E-state index in [1.807, 2.05) is 36.4 Å². The van der Waals surface area contributed by atoms with Gasteiger partial charge < -0.3 is 10.5 Å². The van der Waals surface area contributed by atoms with Crippen LogP contribution in [0.4, 0.5) is 11.4 Å². The number of carbonyl (C=O) groups excluding carboxylic acids is 2. The normalized spacial score (nSPS) is 22.8. The maximum absolute atomic E-state index is 13.6. The van der Waals surface area contributed by atoms with Crippen LogP contribution in [0.2, 0.25) is 0 Å². The standard InChI is InChI=1S/C27H22N4O3/c28-17-18-11-13-19(14-12-18)25(32)23-16-15-22-24(31(23)29-20-7-3-1-4-8-20)27(34)30(26(22)33)21-9-5-2-6-10-21/h1-16,22-25,29,32H. The fraction of sp³-hybridized carbons (Fsp3) is 0.148. The van der Waals surface area contributed by atoms with Crippen LogP contribution in [-0.2, 0) is 9.59 Å². The Morgan fingerprint density at radius 1 is 0.853 bits per heavy atom. The maximum atomic E-state index is 13.6. The van der Waals surface area contributed by atoms with Crippen LogP contribution in [0.5, 0.6) is 0 Å². The molecular weight excluding hydrogens is 428 g/mol. The number of imide groups is 1. The van der Waals surface area contributed by atoms with Gasteiger partial charge in [0.1, 0.15) is 6.04 Å². The highest BCUT2D eigenvalue weighted by Gasteiger charge is 2.54. The molecule has 2 aliphatic rings. The number of hydrogen-bond acceptors (Lipinski definition) is 6. The van der Waals surface area contributed by atoms with Crippen molar-refractivity contribution in [1.29, 1.82) is 5.26 Å². The first-order valence-electron chi connectivity index (χ1n) is 11.0. The molecule has 3 aromatic rings. The number of benzene rings is 3. The second kappa shape index (κ2) is 8.94. The topological polar surface area (TPSA) is 96.7 Å². The number of aliphatic hydroxyl groups is 1. The highest BCUT2D eigenvalue weighted by molar-refractivity contribution is 6.24. The maximum Gasteiger partial charge on any atom is 0.254 e. The highest BCUT2D eigenvalue weighted by Crippen LogP contribution is 2.37. The van der Waals surface area contributed by atoms with E-state index in [0.29, 0.717) is 16.8 Å². The summed E-state index contributed by atoms with van der Waals surface area (Å²) < 4.78 is 0. The molecule has 2 aliphatic heterocycles. The van der Waals surface area contributed by atoms with Gasteiger partial charge in [0, 0.05) is 5.69 Å². The second-order valence-corrected chi connectivity index (χ2v) is 8.26. The third kappa shape index (κ3) is 3.75. The lowest BCUT2D eigenvalue weighted by Gasteiger charge is -2.40. The van der Waals surface area contributed by atoms with Gasteiger partial charge in [-0.1, -0.05) is 60.7 Å². The lowest BCUT2D eigenvalue weighted by Crippen LogP contribution is -2.55. The summed E-state index contributed by atoms with van der Waals surface area (Å²) in [4.78, 5) is 28.1. The molecule has 168 valence electrons. The molecule has 2 heterocycles. The molecule has 3 aromatic carbocycles. The Bertz CT molecular complexity index is 1270. The Kier molecular flexibility index (Phi) is 5.68. The van der Waals surface area contributed by atoms with Gasteiger partial charge in [0.25, 0.3) is 5.91 Å². The Balaban J connectivity index is 1.53. The summed E-state index contributed by atoms with van der Waals surface area (Å²) in [5.41, 5.74) is 5.61. The molecule has 7 nitrogen and oxygen atoms in total. The molecule has 0 bridgehead atoms. The lowest BCUT2D eigenvalue weighted by atomic mass is 9.90. The molecule has 0 spiro atoms. The van der Waals surface area contributed by atoms with Crippen LogP contribution in [-0.4, -0.2) is 34.0 Å². The number of nitriles is 1. The molecule has 0 aliphatic carbocycles. The van der Waals surface area contributed by atoms with Gasteiger partial charge in [-0.2, -0.15) is 5.26 Å². The van der Waals surface area contributed by atoms with Crippen LogP contribution < -0.4 is 10.3 Å². The molecule has 34 heavy (non-hydrogen) atoms. The first-order chi connectivity index (χ1) is 16.6. The van der Waals surface area contributed by atoms with Gasteiger partial charge in [0.05, 0.1) is 35.4 Å². The summed E-state index contributed by atoms with van der Waals surface area (Å²) >= 11 is 0. The van der Waals surface area contributed by atoms with Gasteiger partial charge in [-0.15, -0.1) is 0 Å². The van der Waals surface area contributed by atoms with E-state index < -0.39 is 24.1 Å². The van der Waals surface area contributed by atoms with Crippen molar-refractivity contribution in [3.63, 3.8) is 0 Å². The zero-order valence-corrected chi connectivity index (χ0v) is 18.2. The average Bonchev–Trinajstić information content (AvgIpc) is 3.15. The summed E-state index contributed by atoms with van der Waals surface area (Å²) in [5.74, 6) is -1.34. The van der Waals surface area contributed by atoms with Crippen molar-refractivity contribution >= 4 is 23.2 Å². The summed E-state index contributed by atoms with van der Waals surface area (Å²) in [6, 6.07) is 25.5.